The van der Waals surface area contributed by atoms with Crippen molar-refractivity contribution in [2.75, 3.05) is 94.9 Å². The van der Waals surface area contributed by atoms with E-state index in [2.05, 4.69) is 31.5 Å². The van der Waals surface area contributed by atoms with Crippen molar-refractivity contribution in [3.8, 4) is 0 Å². The van der Waals surface area contributed by atoms with E-state index >= 15 is 28.8 Å². The lowest BCUT2D eigenvalue weighted by Gasteiger charge is -2.50. The molecule has 0 radical (unpaired) electrons. The quantitative estimate of drug-likeness (QED) is 0.0916. The average Bonchev–Trinajstić information content (AvgIpc) is 0.756. The monoisotopic (exact) mass is 1420 g/mol. The number of alkyl carbamates (subject to hydrolysis) is 1. The van der Waals surface area contributed by atoms with E-state index in [9.17, 15) is 28.8 Å². The van der Waals surface area contributed by atoms with Crippen LogP contribution in [-0.4, -0.2) is 284 Å². The van der Waals surface area contributed by atoms with Crippen LogP contribution in [0.3, 0.4) is 0 Å². The molecule has 3 saturated heterocycles. The van der Waals surface area contributed by atoms with Crippen molar-refractivity contribution in [3.63, 3.8) is 0 Å². The fraction of sp³-hybridized carbons (Fsp3) is 0.831. The first-order valence-corrected chi connectivity index (χ1v) is 36.4. The Hall–Kier alpha value is -6.72. The number of carbonyl (C=O) groups excluding carboxylic acids is 12. The van der Waals surface area contributed by atoms with E-state index in [1.165, 1.54) is 92.5 Å². The number of hydrogen-bond donors (Lipinski definition) is 5. The molecule has 29 nitrogen and oxygen atoms in total. The van der Waals surface area contributed by atoms with Gasteiger partial charge >= 0.3 is 6.09 Å². The second-order valence-electron chi connectivity index (χ2n) is 29.6. The highest BCUT2D eigenvalue weighted by Gasteiger charge is 2.55. The van der Waals surface area contributed by atoms with Crippen molar-refractivity contribution in [2.24, 2.45) is 35.5 Å². The van der Waals surface area contributed by atoms with Crippen LogP contribution in [-0.2, 0) is 71.8 Å². The van der Waals surface area contributed by atoms with E-state index in [0.717, 1.165) is 31.1 Å². The second kappa shape index (κ2) is 41.4. The van der Waals surface area contributed by atoms with E-state index in [1.807, 2.05) is 48.5 Å². The minimum atomic E-state index is -1.40. The van der Waals surface area contributed by atoms with Gasteiger partial charge in [0.2, 0.25) is 59.1 Å². The number of hydrogen-bond acceptors (Lipinski definition) is 17. The summed E-state index contributed by atoms with van der Waals surface area (Å²) < 4.78 is 16.9. The number of amides is 12. The maximum Gasteiger partial charge on any atom is 0.407 e. The van der Waals surface area contributed by atoms with Gasteiger partial charge in [0.05, 0.1) is 25.9 Å². The summed E-state index contributed by atoms with van der Waals surface area (Å²) in [5, 5.41) is 14.8. The van der Waals surface area contributed by atoms with Crippen molar-refractivity contribution in [1.29, 1.82) is 0 Å². The molecule has 0 spiro atoms. The van der Waals surface area contributed by atoms with Gasteiger partial charge in [0.1, 0.15) is 66.5 Å². The summed E-state index contributed by atoms with van der Waals surface area (Å²) in [4.78, 5) is 192. The lowest BCUT2D eigenvalue weighted by atomic mass is 9.88. The maximum absolute atomic E-state index is 15.3. The zero-order chi connectivity index (χ0) is 75.9. The number of carbonyl (C=O) groups is 12. The first-order chi connectivity index (χ1) is 46.8. The summed E-state index contributed by atoms with van der Waals surface area (Å²) in [7, 11) is 8.59. The predicted octanol–water partition coefficient (Wildman–Crippen LogP) is 3.40. The molecule has 5 N–H and O–H groups in total. The van der Waals surface area contributed by atoms with Gasteiger partial charge in [0, 0.05) is 68.5 Å². The van der Waals surface area contributed by atoms with Crippen LogP contribution in [0.5, 0.6) is 0 Å². The largest absolute Gasteiger partial charge is 0.450 e. The Morgan fingerprint density at radius 3 is 1.60 bits per heavy atom. The Kier molecular flexibility index (Phi) is 36.2. The topological polar surface area (TPSA) is 328 Å². The van der Waals surface area contributed by atoms with Gasteiger partial charge in [0.25, 0.3) is 5.91 Å². The molecule has 100 heavy (non-hydrogen) atoms. The van der Waals surface area contributed by atoms with Crippen molar-refractivity contribution in [1.82, 2.24) is 65.9 Å². The van der Waals surface area contributed by atoms with Crippen molar-refractivity contribution < 1.29 is 76.6 Å². The van der Waals surface area contributed by atoms with Gasteiger partial charge in [-0.3, -0.25) is 62.5 Å². The molecule has 29 heteroatoms. The third kappa shape index (κ3) is 24.5. The van der Waals surface area contributed by atoms with Gasteiger partial charge in [-0.1, -0.05) is 89.5 Å². The van der Waals surface area contributed by atoms with Crippen LogP contribution in [0.15, 0.2) is 0 Å². The summed E-state index contributed by atoms with van der Waals surface area (Å²) in [6.45, 7) is 33.8. The molecular weight excluding hydrogens is 1290 g/mol. The summed E-state index contributed by atoms with van der Waals surface area (Å²) >= 11 is 0. The number of ether oxygens (including phenoxy) is 3. The number of likely N-dealkylation sites (N-methyl/N-ethyl adjacent to an activating group) is 6. The average molecular weight is 1420 g/mol. The van der Waals surface area contributed by atoms with Crippen LogP contribution in [0.1, 0.15) is 175 Å². The molecule has 14 atom stereocenters. The minimum absolute atomic E-state index is 0.0193. The zero-order valence-electron chi connectivity index (χ0n) is 64.6. The molecule has 3 rings (SSSR count). The highest BCUT2D eigenvalue weighted by molar-refractivity contribution is 6.00. The Morgan fingerprint density at radius 2 is 1.06 bits per heavy atom. The predicted molar refractivity (Wildman–Crippen MR) is 378 cm³/mol. The van der Waals surface area contributed by atoms with E-state index < -0.39 is 167 Å². The summed E-state index contributed by atoms with van der Waals surface area (Å²) in [5.74, 6) is -9.67. The van der Waals surface area contributed by atoms with Gasteiger partial charge in [0.15, 0.2) is 6.04 Å². The number of unbranched alkanes of at least 4 members (excludes halogenated alkanes) is 2. The Bertz CT molecular complexity index is 2730. The molecule has 0 aromatic carbocycles. The minimum Gasteiger partial charge on any atom is -0.450 e. The molecule has 0 aromatic rings. The smallest absolute Gasteiger partial charge is 0.407 e. The van der Waals surface area contributed by atoms with Gasteiger partial charge in [-0.2, -0.15) is 0 Å². The second-order valence-corrected chi connectivity index (χ2v) is 29.6. The van der Waals surface area contributed by atoms with Gasteiger partial charge < -0.3 is 70.2 Å². The first-order valence-electron chi connectivity index (χ1n) is 36.4. The molecule has 0 aromatic heterocycles. The number of hydroxylamine groups is 2. The van der Waals surface area contributed by atoms with E-state index in [0.29, 0.717) is 45.4 Å². The lowest BCUT2D eigenvalue weighted by Crippen LogP contribution is -2.72. The third-order valence-corrected chi connectivity index (χ3v) is 19.4. The molecule has 0 bridgehead atoms. The molecule has 12 amide bonds. The van der Waals surface area contributed by atoms with Crippen LogP contribution < -0.4 is 26.6 Å². The van der Waals surface area contributed by atoms with Gasteiger partial charge in [-0.05, 0) is 128 Å². The molecular formula is C71H127N13O16. The van der Waals surface area contributed by atoms with Crippen molar-refractivity contribution >= 4 is 71.1 Å². The highest BCUT2D eigenvalue weighted by atomic mass is 16.7. The standard InChI is InChI=1S/C71H127N13O16/c1-24-51-66(91)77(18)49(16)65(90)82(23)57(50(17)99-35-29-28-32-83-33-36-97-37-34-83)62(87)76-55(44(9)10)69(94)78(19)52(38-41(3)4)61(86)73-47(14)60(85)74-48(15)64(89)79(20)53(39-42(5)6)67(92)80(21)54(40-43(7)8)68(93)81(22)56(45(11)12)70(95)84-58(63(88)75-51)59(100-84)46(13)30-26-27-31-72-71(96)98-25-2/h41-59H,24-40H2,1-23H3,(H,72,96)(H,73,86)(H,74,85)(H,75,88)(H,76,87)/t46-,47+,48-,49-,50-,51+,52+,53+,54+,55+,56+,57+,58+,59-/m1/s1. The Balaban J connectivity index is 2.29. The van der Waals surface area contributed by atoms with Crippen molar-refractivity contribution in [3.05, 3.63) is 0 Å². The normalized spacial score (nSPS) is 27.4. The van der Waals surface area contributed by atoms with Crippen LogP contribution in [0.4, 0.5) is 4.79 Å². The Labute approximate surface area is 595 Å². The SMILES string of the molecule is CCOC(=O)NCCCC[C@@H](C)[C@H]1ON2C(=O)[C@H](C(C)C)N(C)C(=O)[C@H](CC(C)C)N(C)C(=O)[C@H](CC(C)C)N(C)C(=O)[C@@H](C)NC(=O)[C@H](C)NC(=O)[C@H](CC(C)C)N(C)C(=O)[C@H](C(C)C)NC(=O)[C@H]([C@@H](C)OCCCCN3CCOCC3)N(C)C(=O)[C@@H](C)N(C)C(=O)[C@H](CC)NC(=O)[C@H]12. The van der Waals surface area contributed by atoms with Crippen LogP contribution in [0.2, 0.25) is 0 Å². The molecule has 3 aliphatic rings. The number of nitrogens with zero attached hydrogens (tertiary/aromatic N) is 8. The summed E-state index contributed by atoms with van der Waals surface area (Å²) in [5.41, 5.74) is 0. The molecule has 3 heterocycles. The highest BCUT2D eigenvalue weighted by Crippen LogP contribution is 2.34. The molecule has 3 fully saturated rings. The number of morpholine rings is 1. The molecule has 0 saturated carbocycles. The van der Waals surface area contributed by atoms with Gasteiger partial charge in [-0.25, -0.2) is 9.86 Å². The van der Waals surface area contributed by atoms with Crippen molar-refractivity contribution in [2.45, 2.75) is 254 Å². The number of nitrogens with one attached hydrogen (secondary N) is 5. The molecule has 0 unspecified atom stereocenters. The molecule has 572 valence electrons. The molecule has 3 aliphatic heterocycles. The summed E-state index contributed by atoms with van der Waals surface area (Å²) in [6, 6.07) is -13.9. The fourth-order valence-electron chi connectivity index (χ4n) is 13.0. The lowest BCUT2D eigenvalue weighted by molar-refractivity contribution is -0.322. The fourth-order valence-corrected chi connectivity index (χ4v) is 13.0. The van der Waals surface area contributed by atoms with Gasteiger partial charge in [-0.15, -0.1) is 0 Å². The zero-order valence-corrected chi connectivity index (χ0v) is 64.6. The van der Waals surface area contributed by atoms with Crippen LogP contribution in [0.25, 0.3) is 0 Å². The van der Waals surface area contributed by atoms with Crippen LogP contribution >= 0.6 is 0 Å². The third-order valence-electron chi connectivity index (χ3n) is 19.4. The maximum atomic E-state index is 15.3. The van der Waals surface area contributed by atoms with E-state index in [4.69, 9.17) is 19.0 Å². The van der Waals surface area contributed by atoms with E-state index in [-0.39, 0.29) is 56.7 Å². The summed E-state index contributed by atoms with van der Waals surface area (Å²) in [6.07, 6.45) is 0.926. The first kappa shape index (κ1) is 87.5. The van der Waals surface area contributed by atoms with Crippen LogP contribution in [0, 0.1) is 35.5 Å². The number of rotatable bonds is 23. The number of fused-ring (bicyclic) bond motifs is 1. The van der Waals surface area contributed by atoms with E-state index in [1.54, 1.807) is 48.5 Å². The molecule has 0 aliphatic carbocycles. The Morgan fingerprint density at radius 1 is 0.530 bits per heavy atom.